The Morgan fingerprint density at radius 1 is 0.636 bits per heavy atom. The Labute approximate surface area is 194 Å². The maximum Gasteiger partial charge on any atom is 0.235 e. The molecule has 0 aliphatic carbocycles. The molecule has 0 aromatic heterocycles. The molecule has 0 heterocycles. The van der Waals surface area contributed by atoms with Gasteiger partial charge in [0.2, 0.25) is 6.20 Å². The van der Waals surface area contributed by atoms with Crippen LogP contribution in [-0.4, -0.2) is 11.2 Å². The fraction of sp³-hybridized carbons (Fsp3) is 0.0690. The maximum atomic E-state index is 10.9. The van der Waals surface area contributed by atoms with Gasteiger partial charge in [-0.15, -0.1) is 0 Å². The molecule has 4 heteroatoms. The van der Waals surface area contributed by atoms with Gasteiger partial charge < -0.3 is 0 Å². The highest BCUT2D eigenvalue weighted by molar-refractivity contribution is 5.87. The molecule has 0 aliphatic heterocycles. The number of nitro groups is 1. The first-order valence-electron chi connectivity index (χ1n) is 10.6. The van der Waals surface area contributed by atoms with E-state index in [2.05, 4.69) is 19.1 Å². The lowest BCUT2D eigenvalue weighted by Crippen LogP contribution is -1.86. The van der Waals surface area contributed by atoms with Crippen LogP contribution in [0.2, 0.25) is 0 Å². The Hall–Kier alpha value is -4.31. The van der Waals surface area contributed by atoms with Crippen LogP contribution >= 0.6 is 0 Å². The van der Waals surface area contributed by atoms with Crippen LogP contribution in [-0.2, 0) is 0 Å². The van der Waals surface area contributed by atoms with Gasteiger partial charge in [0.15, 0.2) is 6.29 Å². The van der Waals surface area contributed by atoms with Crippen LogP contribution in [0.5, 0.6) is 0 Å². The second kappa shape index (κ2) is 11.3. The summed E-state index contributed by atoms with van der Waals surface area (Å²) in [5.41, 5.74) is 8.13. The van der Waals surface area contributed by atoms with E-state index in [-0.39, 0.29) is 0 Å². The summed E-state index contributed by atoms with van der Waals surface area (Å²) in [5, 5.41) is 10.4. The fourth-order valence-corrected chi connectivity index (χ4v) is 3.38. The zero-order valence-corrected chi connectivity index (χ0v) is 18.6. The van der Waals surface area contributed by atoms with Crippen molar-refractivity contribution in [3.63, 3.8) is 0 Å². The lowest BCUT2D eigenvalue weighted by Gasteiger charge is -2.05. The monoisotopic (exact) mass is 435 g/mol. The first-order chi connectivity index (χ1) is 16.0. The summed E-state index contributed by atoms with van der Waals surface area (Å²) in [4.78, 5) is 20.8. The van der Waals surface area contributed by atoms with E-state index in [9.17, 15) is 14.9 Å². The lowest BCUT2D eigenvalue weighted by atomic mass is 9.99. The minimum atomic E-state index is -0.452. The first kappa shape index (κ1) is 23.4. The van der Waals surface area contributed by atoms with Crippen LogP contribution < -0.4 is 0 Å². The van der Waals surface area contributed by atoms with Crippen molar-refractivity contribution in [3.8, 4) is 22.3 Å². The molecule has 0 atom stereocenters. The normalized spacial score (nSPS) is 10.4. The molecule has 0 amide bonds. The van der Waals surface area contributed by atoms with E-state index < -0.39 is 4.92 Å². The van der Waals surface area contributed by atoms with Gasteiger partial charge in [0.1, 0.15) is 0 Å². The number of hydrogen-bond donors (Lipinski definition) is 0. The summed E-state index contributed by atoms with van der Waals surface area (Å²) in [6, 6.07) is 31.5. The smallest absolute Gasteiger partial charge is 0.235 e. The molecule has 0 saturated heterocycles. The van der Waals surface area contributed by atoms with Gasteiger partial charge in [0, 0.05) is 11.6 Å². The van der Waals surface area contributed by atoms with Gasteiger partial charge in [-0.2, -0.15) is 0 Å². The van der Waals surface area contributed by atoms with Crippen molar-refractivity contribution in [1.82, 2.24) is 0 Å². The van der Waals surface area contributed by atoms with E-state index in [0.717, 1.165) is 45.9 Å². The molecular formula is C29H25NO3. The molecule has 0 bridgehead atoms. The van der Waals surface area contributed by atoms with E-state index in [4.69, 9.17) is 0 Å². The number of carbonyl (C=O) groups is 1. The number of rotatable bonds is 5. The second-order valence-electron chi connectivity index (χ2n) is 7.63. The number of benzene rings is 4. The van der Waals surface area contributed by atoms with Gasteiger partial charge in [0.25, 0.3) is 0 Å². The van der Waals surface area contributed by atoms with Gasteiger partial charge in [-0.25, -0.2) is 0 Å². The Morgan fingerprint density at radius 2 is 1.06 bits per heavy atom. The summed E-state index contributed by atoms with van der Waals surface area (Å²) in [6.45, 7) is 4.08. The molecule has 0 unspecified atom stereocenters. The third-order valence-corrected chi connectivity index (χ3v) is 5.15. The van der Waals surface area contributed by atoms with E-state index in [1.54, 1.807) is 0 Å². The minimum absolute atomic E-state index is 0.452. The Morgan fingerprint density at radius 3 is 1.52 bits per heavy atom. The average molecular weight is 436 g/mol. The van der Waals surface area contributed by atoms with Gasteiger partial charge in [-0.3, -0.25) is 14.9 Å². The summed E-state index contributed by atoms with van der Waals surface area (Å²) in [6.07, 6.45) is 3.39. The van der Waals surface area contributed by atoms with Gasteiger partial charge in [-0.1, -0.05) is 108 Å². The van der Waals surface area contributed by atoms with Crippen LogP contribution in [0.3, 0.4) is 0 Å². The highest BCUT2D eigenvalue weighted by atomic mass is 16.6. The molecule has 4 nitrogen and oxygen atoms in total. The predicted octanol–water partition coefficient (Wildman–Crippen LogP) is 7.38. The summed E-state index contributed by atoms with van der Waals surface area (Å²) < 4.78 is 0. The molecular weight excluding hydrogens is 410 g/mol. The molecule has 33 heavy (non-hydrogen) atoms. The number of aryl methyl sites for hydroxylation is 2. The van der Waals surface area contributed by atoms with Crippen molar-refractivity contribution < 1.29 is 9.72 Å². The summed E-state index contributed by atoms with van der Waals surface area (Å²) in [5.74, 6) is 0. The standard InChI is InChI=1S/C15H13NO2.C14H12O/c1-12-6-8-14(9-7-12)15-5-3-2-4-13(15)10-11-16(17)18;1-11-6-8-12(9-7-11)14-5-3-2-4-13(14)10-15/h2-11H,1H3;2-10H,1H3. The molecule has 0 fully saturated rings. The quantitative estimate of drug-likeness (QED) is 0.187. The van der Waals surface area contributed by atoms with Crippen molar-refractivity contribution in [1.29, 1.82) is 0 Å². The largest absolute Gasteiger partial charge is 0.298 e. The van der Waals surface area contributed by atoms with Crippen LogP contribution in [0.15, 0.2) is 103 Å². The number of nitrogens with zero attached hydrogens (tertiary/aromatic N) is 1. The highest BCUT2D eigenvalue weighted by Gasteiger charge is 2.03. The van der Waals surface area contributed by atoms with Crippen LogP contribution in [0.25, 0.3) is 28.3 Å². The van der Waals surface area contributed by atoms with E-state index in [0.29, 0.717) is 0 Å². The molecule has 0 N–H and O–H groups in total. The van der Waals surface area contributed by atoms with E-state index in [1.807, 2.05) is 91.9 Å². The Kier molecular flexibility index (Phi) is 8.03. The zero-order chi connectivity index (χ0) is 23.6. The summed E-state index contributed by atoms with van der Waals surface area (Å²) >= 11 is 0. The van der Waals surface area contributed by atoms with Gasteiger partial charge in [-0.05, 0) is 41.7 Å². The van der Waals surface area contributed by atoms with Crippen molar-refractivity contribution in [2.75, 3.05) is 0 Å². The summed E-state index contributed by atoms with van der Waals surface area (Å²) in [7, 11) is 0. The SMILES string of the molecule is Cc1ccc(-c2ccccc2C=C[N+](=O)[O-])cc1.Cc1ccc(-c2ccccc2C=O)cc1. The number of hydrogen-bond acceptors (Lipinski definition) is 3. The first-order valence-corrected chi connectivity index (χ1v) is 10.6. The third kappa shape index (κ3) is 6.58. The topological polar surface area (TPSA) is 60.2 Å². The van der Waals surface area contributed by atoms with Crippen molar-refractivity contribution in [2.24, 2.45) is 0 Å². The van der Waals surface area contributed by atoms with Crippen molar-refractivity contribution >= 4 is 12.4 Å². The van der Waals surface area contributed by atoms with Crippen LogP contribution in [0, 0.1) is 24.0 Å². The Balaban J connectivity index is 0.000000189. The molecule has 0 radical (unpaired) electrons. The molecule has 0 saturated carbocycles. The van der Waals surface area contributed by atoms with Crippen molar-refractivity contribution in [3.05, 3.63) is 136 Å². The zero-order valence-electron chi connectivity index (χ0n) is 18.6. The lowest BCUT2D eigenvalue weighted by molar-refractivity contribution is -0.400. The van der Waals surface area contributed by atoms with Crippen molar-refractivity contribution in [2.45, 2.75) is 13.8 Å². The molecule has 4 aromatic carbocycles. The van der Waals surface area contributed by atoms with Gasteiger partial charge in [0.05, 0.1) is 4.92 Å². The molecule has 4 aromatic rings. The fourth-order valence-electron chi connectivity index (χ4n) is 3.38. The van der Waals surface area contributed by atoms with Crippen LogP contribution in [0.4, 0.5) is 0 Å². The maximum absolute atomic E-state index is 10.9. The third-order valence-electron chi connectivity index (χ3n) is 5.15. The Bertz CT molecular complexity index is 1260. The molecule has 4 rings (SSSR count). The second-order valence-corrected chi connectivity index (χ2v) is 7.63. The van der Waals surface area contributed by atoms with Crippen LogP contribution in [0.1, 0.15) is 27.0 Å². The van der Waals surface area contributed by atoms with Gasteiger partial charge >= 0.3 is 0 Å². The number of carbonyl (C=O) groups excluding carboxylic acids is 1. The predicted molar refractivity (Wildman–Crippen MR) is 135 cm³/mol. The average Bonchev–Trinajstić information content (AvgIpc) is 2.84. The van der Waals surface area contributed by atoms with E-state index >= 15 is 0 Å². The molecule has 164 valence electrons. The highest BCUT2D eigenvalue weighted by Crippen LogP contribution is 2.25. The van der Waals surface area contributed by atoms with E-state index in [1.165, 1.54) is 17.2 Å². The number of aldehydes is 1. The molecule has 0 spiro atoms. The minimum Gasteiger partial charge on any atom is -0.298 e. The molecule has 0 aliphatic rings.